The van der Waals surface area contributed by atoms with Gasteiger partial charge in [-0.3, -0.25) is 4.79 Å². The quantitative estimate of drug-likeness (QED) is 0.0863. The number of nitrogens with two attached hydrogens (primary N) is 1. The predicted octanol–water partition coefficient (Wildman–Crippen LogP) is 2.28. The van der Waals surface area contributed by atoms with E-state index in [9.17, 15) is 9.59 Å². The number of rotatable bonds is 20. The summed E-state index contributed by atoms with van der Waals surface area (Å²) in [7, 11) is 0. The fraction of sp³-hybridized carbons (Fsp3) is 0.800. The highest BCUT2D eigenvalue weighted by atomic mass is 32.2. The molecule has 2 heterocycles. The minimum atomic E-state index is -0.0424. The van der Waals surface area contributed by atoms with E-state index in [1.54, 1.807) is 0 Å². The highest BCUT2D eigenvalue weighted by Crippen LogP contribution is 2.33. The fourth-order valence-corrected chi connectivity index (χ4v) is 5.33. The first-order valence-corrected chi connectivity index (χ1v) is 14.1. The number of fused-ring (bicyclic) bond motifs is 1. The largest absolute Gasteiger partial charge is 0.401 e. The van der Waals surface area contributed by atoms with Crippen LogP contribution in [0.1, 0.15) is 58.8 Å². The zero-order valence-electron chi connectivity index (χ0n) is 22.6. The van der Waals surface area contributed by atoms with Crippen LogP contribution in [0.25, 0.3) is 0 Å². The van der Waals surface area contributed by atoms with Crippen molar-refractivity contribution in [3.63, 3.8) is 0 Å². The molecule has 2 fully saturated rings. The Bertz CT molecular complexity index is 655. The van der Waals surface area contributed by atoms with E-state index in [4.69, 9.17) is 24.7 Å². The lowest BCUT2D eigenvalue weighted by Gasteiger charge is -2.16. The number of thioether (sulfide) groups is 1. The van der Waals surface area contributed by atoms with Crippen LogP contribution in [0, 0.1) is 0 Å². The van der Waals surface area contributed by atoms with Gasteiger partial charge in [0.05, 0.1) is 45.1 Å². The van der Waals surface area contributed by atoms with Crippen molar-refractivity contribution in [1.29, 1.82) is 0 Å². The van der Waals surface area contributed by atoms with Gasteiger partial charge in [0.25, 0.3) is 0 Å². The van der Waals surface area contributed by atoms with E-state index in [1.165, 1.54) is 6.92 Å². The fourth-order valence-electron chi connectivity index (χ4n) is 3.79. The number of aldehydes is 1. The van der Waals surface area contributed by atoms with Crippen LogP contribution in [-0.2, 0) is 23.8 Å². The van der Waals surface area contributed by atoms with Crippen LogP contribution in [-0.4, -0.2) is 87.4 Å². The Hall–Kier alpha value is -1.86. The summed E-state index contributed by atoms with van der Waals surface area (Å²) in [5, 5.41) is 9.54. The molecule has 2 amide bonds. The van der Waals surface area contributed by atoms with Crippen molar-refractivity contribution >= 4 is 29.9 Å². The number of carbonyl (C=O) groups excluding carboxylic acids is 3. The molecular weight excluding hydrogens is 498 g/mol. The average Bonchev–Trinajstić information content (AvgIpc) is 3.41. The van der Waals surface area contributed by atoms with Crippen LogP contribution in [0.15, 0.2) is 11.9 Å². The maximum Gasteiger partial charge on any atom is 0.315 e. The molecule has 2 aliphatic heterocycles. The molecule has 0 radical (unpaired) electrons. The number of nitrogens with one attached hydrogen (secondary N) is 3. The first kappa shape index (κ1) is 35.1. The van der Waals surface area contributed by atoms with Crippen LogP contribution in [0.2, 0.25) is 0 Å². The van der Waals surface area contributed by atoms with Gasteiger partial charge in [-0.25, -0.2) is 4.79 Å². The Kier molecular flexibility index (Phi) is 22.1. The molecule has 0 aliphatic carbocycles. The lowest BCUT2D eigenvalue weighted by atomic mass is 10.0. The van der Waals surface area contributed by atoms with E-state index in [1.807, 2.05) is 24.9 Å². The van der Waals surface area contributed by atoms with Gasteiger partial charge in [-0.1, -0.05) is 13.3 Å². The Morgan fingerprint density at radius 1 is 1.05 bits per heavy atom. The Labute approximate surface area is 226 Å². The molecule has 216 valence electrons. The lowest BCUT2D eigenvalue weighted by molar-refractivity contribution is -0.119. The molecule has 2 saturated heterocycles. The highest BCUT2D eigenvalue weighted by molar-refractivity contribution is 8.00. The summed E-state index contributed by atoms with van der Waals surface area (Å²) in [6.07, 6.45) is 8.37. The number of unbranched alkanes of at least 4 members (excludes halogenated alkanes) is 1. The summed E-state index contributed by atoms with van der Waals surface area (Å²) in [6.45, 7) is 7.52. The molecular formula is C25H49N5O6S. The predicted molar refractivity (Wildman–Crippen MR) is 148 cm³/mol. The van der Waals surface area contributed by atoms with Gasteiger partial charge in [0.2, 0.25) is 0 Å². The molecule has 8 N–H and O–H groups in total. The first-order chi connectivity index (χ1) is 17.5. The monoisotopic (exact) mass is 547 g/mol. The molecule has 2 aliphatic rings. The van der Waals surface area contributed by atoms with Crippen molar-refractivity contribution < 1.29 is 28.6 Å². The van der Waals surface area contributed by atoms with Gasteiger partial charge in [0.1, 0.15) is 12.1 Å². The van der Waals surface area contributed by atoms with Crippen LogP contribution in [0.5, 0.6) is 0 Å². The Morgan fingerprint density at radius 2 is 1.68 bits per heavy atom. The van der Waals surface area contributed by atoms with Crippen LogP contribution < -0.4 is 27.8 Å². The summed E-state index contributed by atoms with van der Waals surface area (Å²) in [5.41, 5.74) is 6.51. The van der Waals surface area contributed by atoms with E-state index < -0.39 is 0 Å². The Balaban J connectivity index is 0.00000308. The molecule has 0 aromatic heterocycles. The van der Waals surface area contributed by atoms with Gasteiger partial charge in [-0.2, -0.15) is 11.8 Å². The van der Waals surface area contributed by atoms with E-state index in [-0.39, 0.29) is 24.3 Å². The molecule has 2 rings (SSSR count). The van der Waals surface area contributed by atoms with Crippen molar-refractivity contribution in [2.75, 3.05) is 51.9 Å². The van der Waals surface area contributed by atoms with Gasteiger partial charge in [-0.05, 0) is 32.6 Å². The number of allylic oxidation sites excluding steroid dienone is 1. The van der Waals surface area contributed by atoms with E-state index in [0.717, 1.165) is 56.4 Å². The number of amides is 2. The van der Waals surface area contributed by atoms with Crippen molar-refractivity contribution in [2.45, 2.75) is 76.1 Å². The van der Waals surface area contributed by atoms with E-state index >= 15 is 0 Å². The van der Waals surface area contributed by atoms with Gasteiger partial charge < -0.3 is 46.8 Å². The topological polar surface area (TPSA) is 176 Å². The second kappa shape index (κ2) is 23.3. The summed E-state index contributed by atoms with van der Waals surface area (Å²) in [4.78, 5) is 32.2. The number of urea groups is 1. The minimum Gasteiger partial charge on any atom is -0.401 e. The number of carbonyl (C=O) groups is 3. The number of hydrogen-bond acceptors (Lipinski definition) is 10. The number of hydrogen-bond donors (Lipinski definition) is 5. The van der Waals surface area contributed by atoms with Crippen molar-refractivity contribution in [3.05, 3.63) is 11.9 Å². The Morgan fingerprint density at radius 3 is 2.35 bits per heavy atom. The molecule has 12 heteroatoms. The zero-order chi connectivity index (χ0) is 26.4. The summed E-state index contributed by atoms with van der Waals surface area (Å²) in [5.74, 6) is 1.29. The van der Waals surface area contributed by atoms with Crippen molar-refractivity contribution in [3.8, 4) is 0 Å². The molecule has 11 nitrogen and oxygen atoms in total. The minimum absolute atomic E-state index is 0. The zero-order valence-corrected chi connectivity index (χ0v) is 23.5. The summed E-state index contributed by atoms with van der Waals surface area (Å²) < 4.78 is 16.5. The van der Waals surface area contributed by atoms with Gasteiger partial charge in [-0.15, -0.1) is 0 Å². The number of ketones is 1. The number of ether oxygens (including phenoxy) is 3. The molecule has 0 aromatic carbocycles. The normalized spacial score (nSPS) is 20.1. The molecule has 0 aromatic rings. The highest BCUT2D eigenvalue weighted by Gasteiger charge is 2.42. The lowest BCUT2D eigenvalue weighted by Crippen LogP contribution is -2.36. The van der Waals surface area contributed by atoms with E-state index in [0.29, 0.717) is 63.5 Å². The summed E-state index contributed by atoms with van der Waals surface area (Å²) >= 11 is 1.92. The van der Waals surface area contributed by atoms with Crippen molar-refractivity contribution in [2.24, 2.45) is 5.73 Å². The van der Waals surface area contributed by atoms with Gasteiger partial charge in [0, 0.05) is 48.9 Å². The second-order valence-electron chi connectivity index (χ2n) is 8.61. The van der Waals surface area contributed by atoms with Gasteiger partial charge >= 0.3 is 6.03 Å². The maximum absolute atomic E-state index is 12.0. The molecule has 0 unspecified atom stereocenters. The second-order valence-corrected chi connectivity index (χ2v) is 9.88. The average molecular weight is 548 g/mol. The molecule has 37 heavy (non-hydrogen) atoms. The van der Waals surface area contributed by atoms with E-state index in [2.05, 4.69) is 16.0 Å². The summed E-state index contributed by atoms with van der Waals surface area (Å²) in [6, 6.07) is 0.482. The van der Waals surface area contributed by atoms with Crippen LogP contribution in [0.4, 0.5) is 4.79 Å². The maximum atomic E-state index is 12.0. The molecule has 0 bridgehead atoms. The third-order valence-electron chi connectivity index (χ3n) is 5.71. The van der Waals surface area contributed by atoms with Crippen LogP contribution >= 0.6 is 11.8 Å². The first-order valence-electron chi connectivity index (χ1n) is 13.0. The van der Waals surface area contributed by atoms with Gasteiger partial charge in [0.15, 0.2) is 0 Å². The molecule has 0 spiro atoms. The smallest absolute Gasteiger partial charge is 0.315 e. The van der Waals surface area contributed by atoms with Crippen LogP contribution in [0.3, 0.4) is 0 Å². The van der Waals surface area contributed by atoms with Crippen molar-refractivity contribution in [1.82, 2.24) is 22.1 Å². The SMILES string of the molecule is CC/C(N)=C/NCCOCCOCCOCCCC(=O)CCCC[C@@H]1SC[C@H]2NC(=O)N[C@@H]12.CC=O.N. The number of Topliss-reactive ketones (excluding diaryl/α,β-unsaturated/α-hetero) is 1. The standard InChI is InChI=1S/C23H42N4O5S.C2H4O.H3N/c1-2-18(24)16-25-9-11-31-13-15-32-14-12-30-10-5-7-19(28)6-3-4-8-21-22-20(17-33-21)26-23(29)27-22;1-2-3;/h16,20-22,25H,2-15,17,24H2,1H3,(H2,26,27,29);2H,1H3;1H3/b18-16-;;/t20-,21+,22-;;/m1../s1. The molecule has 0 saturated carbocycles. The third-order valence-corrected chi connectivity index (χ3v) is 7.22. The molecule has 3 atom stereocenters. The third kappa shape index (κ3) is 17.3.